The third-order valence-electron chi connectivity index (χ3n) is 6.57. The molecule has 0 amide bonds. The highest BCUT2D eigenvalue weighted by atomic mass is 16.5. The first-order valence-electron chi connectivity index (χ1n) is 11.6. The van der Waals surface area contributed by atoms with E-state index in [2.05, 4.69) is 25.1 Å². The summed E-state index contributed by atoms with van der Waals surface area (Å²) < 4.78 is 5.57. The van der Waals surface area contributed by atoms with Crippen LogP contribution < -0.4 is 4.74 Å². The average molecular weight is 424 g/mol. The van der Waals surface area contributed by atoms with E-state index >= 15 is 0 Å². The number of nitriles is 1. The fourth-order valence-electron chi connectivity index (χ4n) is 4.70. The molecule has 0 spiro atoms. The van der Waals surface area contributed by atoms with Gasteiger partial charge in [0.1, 0.15) is 5.75 Å². The van der Waals surface area contributed by atoms with Gasteiger partial charge in [0.25, 0.3) is 0 Å². The summed E-state index contributed by atoms with van der Waals surface area (Å²) in [5, 5.41) is 8.92. The Bertz CT molecular complexity index is 1070. The Morgan fingerprint density at radius 3 is 2.03 bits per heavy atom. The Morgan fingerprint density at radius 1 is 0.875 bits per heavy atom. The minimum atomic E-state index is -0.339. The summed E-state index contributed by atoms with van der Waals surface area (Å²) in [6.07, 6.45) is 7.78. The molecule has 0 aliphatic heterocycles. The zero-order valence-corrected chi connectivity index (χ0v) is 18.6. The zero-order chi connectivity index (χ0) is 22.3. The van der Waals surface area contributed by atoms with Crippen molar-refractivity contribution in [2.24, 2.45) is 5.92 Å². The lowest BCUT2D eigenvalue weighted by atomic mass is 9.77. The van der Waals surface area contributed by atoms with Crippen molar-refractivity contribution >= 4 is 5.97 Å². The number of benzene rings is 3. The van der Waals surface area contributed by atoms with Crippen molar-refractivity contribution in [1.82, 2.24) is 0 Å². The minimum Gasteiger partial charge on any atom is -0.423 e. The molecule has 3 aromatic rings. The summed E-state index contributed by atoms with van der Waals surface area (Å²) in [6.45, 7) is 2.27. The van der Waals surface area contributed by atoms with Gasteiger partial charge in [-0.05, 0) is 90.6 Å². The van der Waals surface area contributed by atoms with Crippen molar-refractivity contribution in [3.63, 3.8) is 0 Å². The van der Waals surface area contributed by atoms with Crippen LogP contribution in [0.25, 0.3) is 11.1 Å². The van der Waals surface area contributed by atoms with E-state index in [0.717, 1.165) is 17.0 Å². The van der Waals surface area contributed by atoms with Gasteiger partial charge in [-0.2, -0.15) is 5.26 Å². The Balaban J connectivity index is 1.35. The summed E-state index contributed by atoms with van der Waals surface area (Å²) in [5.41, 5.74) is 4.57. The van der Waals surface area contributed by atoms with Crippen LogP contribution in [0.3, 0.4) is 0 Å². The van der Waals surface area contributed by atoms with E-state index in [1.807, 2.05) is 36.4 Å². The van der Waals surface area contributed by atoms with Gasteiger partial charge in [-0.25, -0.2) is 4.79 Å². The molecule has 1 fully saturated rings. The molecule has 0 aromatic heterocycles. The topological polar surface area (TPSA) is 50.1 Å². The molecule has 1 saturated carbocycles. The van der Waals surface area contributed by atoms with Crippen LogP contribution in [-0.2, 0) is 0 Å². The van der Waals surface area contributed by atoms with Crippen molar-refractivity contribution < 1.29 is 9.53 Å². The van der Waals surface area contributed by atoms with Gasteiger partial charge < -0.3 is 4.74 Å². The van der Waals surface area contributed by atoms with E-state index < -0.39 is 0 Å². The van der Waals surface area contributed by atoms with E-state index in [4.69, 9.17) is 10.00 Å². The lowest BCUT2D eigenvalue weighted by molar-refractivity contribution is 0.0734. The molecule has 0 unspecified atom stereocenters. The number of carbonyl (C=O) groups excluding carboxylic acids is 1. The normalized spacial score (nSPS) is 18.0. The molecule has 0 heterocycles. The third-order valence-corrected chi connectivity index (χ3v) is 6.57. The van der Waals surface area contributed by atoms with Crippen LogP contribution >= 0.6 is 0 Å². The molecule has 162 valence electrons. The first-order valence-corrected chi connectivity index (χ1v) is 11.6. The van der Waals surface area contributed by atoms with Crippen molar-refractivity contribution in [3.8, 4) is 22.9 Å². The van der Waals surface area contributed by atoms with E-state index in [1.54, 1.807) is 24.3 Å². The maximum Gasteiger partial charge on any atom is 0.343 e. The van der Waals surface area contributed by atoms with Crippen LogP contribution in [0, 0.1) is 17.2 Å². The lowest BCUT2D eigenvalue weighted by Crippen LogP contribution is -2.13. The number of esters is 1. The van der Waals surface area contributed by atoms with Crippen molar-refractivity contribution in [2.75, 3.05) is 0 Å². The summed E-state index contributed by atoms with van der Waals surface area (Å²) in [5.74, 6) is 1.69. The van der Waals surface area contributed by atoms with E-state index in [0.29, 0.717) is 22.8 Å². The largest absolute Gasteiger partial charge is 0.423 e. The van der Waals surface area contributed by atoms with Gasteiger partial charge in [-0.3, -0.25) is 0 Å². The Labute approximate surface area is 190 Å². The Kier molecular flexibility index (Phi) is 7.02. The second kappa shape index (κ2) is 10.3. The molecule has 0 bridgehead atoms. The van der Waals surface area contributed by atoms with Gasteiger partial charge in [0, 0.05) is 0 Å². The van der Waals surface area contributed by atoms with Crippen LogP contribution in [0.5, 0.6) is 5.75 Å². The fourth-order valence-corrected chi connectivity index (χ4v) is 4.70. The Morgan fingerprint density at radius 2 is 1.47 bits per heavy atom. The van der Waals surface area contributed by atoms with Crippen LogP contribution in [0.15, 0.2) is 72.8 Å². The summed E-state index contributed by atoms with van der Waals surface area (Å²) in [7, 11) is 0. The molecule has 3 aromatic carbocycles. The molecule has 3 nitrogen and oxygen atoms in total. The van der Waals surface area contributed by atoms with E-state index in [9.17, 15) is 4.79 Å². The fraction of sp³-hybridized carbons (Fsp3) is 0.310. The zero-order valence-electron chi connectivity index (χ0n) is 18.6. The molecule has 0 saturated heterocycles. The van der Waals surface area contributed by atoms with Gasteiger partial charge >= 0.3 is 5.97 Å². The molecule has 3 heteroatoms. The highest BCUT2D eigenvalue weighted by Gasteiger charge is 2.22. The molecular weight excluding hydrogens is 394 g/mol. The highest BCUT2D eigenvalue weighted by Crippen LogP contribution is 2.37. The average Bonchev–Trinajstić information content (AvgIpc) is 2.85. The predicted molar refractivity (Wildman–Crippen MR) is 128 cm³/mol. The summed E-state index contributed by atoms with van der Waals surface area (Å²) in [6, 6.07) is 24.9. The summed E-state index contributed by atoms with van der Waals surface area (Å²) in [4.78, 5) is 12.6. The minimum absolute atomic E-state index is 0.339. The quantitative estimate of drug-likeness (QED) is 0.304. The second-order valence-electron chi connectivity index (χ2n) is 8.73. The first-order chi connectivity index (χ1) is 15.7. The van der Waals surface area contributed by atoms with Gasteiger partial charge in [-0.15, -0.1) is 0 Å². The highest BCUT2D eigenvalue weighted by molar-refractivity contribution is 5.91. The van der Waals surface area contributed by atoms with Gasteiger partial charge in [0.2, 0.25) is 0 Å². The molecule has 0 atom stereocenters. The molecule has 1 aliphatic rings. The molecule has 4 rings (SSSR count). The SMILES string of the molecule is CCCC1CCC(c2ccc(C(=O)Oc3ccc(-c4ccc(C#N)cc4)cc3)cc2)CC1. The number of hydrogen-bond donors (Lipinski definition) is 0. The number of hydrogen-bond acceptors (Lipinski definition) is 3. The smallest absolute Gasteiger partial charge is 0.343 e. The molecule has 32 heavy (non-hydrogen) atoms. The summed E-state index contributed by atoms with van der Waals surface area (Å²) >= 11 is 0. The Hall–Kier alpha value is -3.38. The predicted octanol–water partition coefficient (Wildman–Crippen LogP) is 7.52. The molecule has 0 radical (unpaired) electrons. The number of nitrogens with zero attached hydrogens (tertiary/aromatic N) is 1. The number of ether oxygens (including phenoxy) is 1. The monoisotopic (exact) mass is 423 g/mol. The third kappa shape index (κ3) is 5.26. The lowest BCUT2D eigenvalue weighted by Gasteiger charge is -2.28. The van der Waals surface area contributed by atoms with Crippen molar-refractivity contribution in [1.29, 1.82) is 5.26 Å². The van der Waals surface area contributed by atoms with Crippen molar-refractivity contribution in [2.45, 2.75) is 51.4 Å². The van der Waals surface area contributed by atoms with Gasteiger partial charge in [-0.1, -0.05) is 56.2 Å². The number of carbonyl (C=O) groups is 1. The van der Waals surface area contributed by atoms with Gasteiger partial charge in [0.05, 0.1) is 17.2 Å². The molecular formula is C29H29NO2. The van der Waals surface area contributed by atoms with Crippen molar-refractivity contribution in [3.05, 3.63) is 89.5 Å². The van der Waals surface area contributed by atoms with Crippen LogP contribution in [0.2, 0.25) is 0 Å². The maximum absolute atomic E-state index is 12.6. The van der Waals surface area contributed by atoms with E-state index in [1.165, 1.54) is 44.1 Å². The van der Waals surface area contributed by atoms with Crippen LogP contribution in [0.1, 0.15) is 72.9 Å². The first kappa shape index (κ1) is 21.8. The standard InChI is InChI=1S/C29H29NO2/c1-2-3-21-4-8-23(9-5-21)25-12-14-27(15-13-25)29(31)32-28-18-16-26(17-19-28)24-10-6-22(20-30)7-11-24/h6-7,10-19,21,23H,2-5,8-9H2,1H3. The second-order valence-corrected chi connectivity index (χ2v) is 8.73. The van der Waals surface area contributed by atoms with Crippen LogP contribution in [0.4, 0.5) is 0 Å². The van der Waals surface area contributed by atoms with Gasteiger partial charge in [0.15, 0.2) is 0 Å². The molecule has 0 N–H and O–H groups in total. The van der Waals surface area contributed by atoms with E-state index in [-0.39, 0.29) is 5.97 Å². The number of rotatable bonds is 6. The maximum atomic E-state index is 12.6. The molecule has 1 aliphatic carbocycles. The van der Waals surface area contributed by atoms with Crippen LogP contribution in [-0.4, -0.2) is 5.97 Å².